The zero-order valence-electron chi connectivity index (χ0n) is 10.1. The Kier molecular flexibility index (Phi) is 2.04. The molecule has 5 heteroatoms. The maximum absolute atomic E-state index is 12.5. The van der Waals surface area contributed by atoms with Gasteiger partial charge in [-0.1, -0.05) is 17.7 Å². The van der Waals surface area contributed by atoms with E-state index in [1.807, 2.05) is 19.1 Å². The normalized spacial score (nSPS) is 40.8. The highest BCUT2D eigenvalue weighted by Gasteiger charge is 2.64. The number of rotatable bonds is 2. The van der Waals surface area contributed by atoms with Gasteiger partial charge in [0.05, 0.1) is 17.1 Å². The number of fused-ring (bicyclic) bond motifs is 2. The second-order valence-corrected chi connectivity index (χ2v) is 7.31. The average Bonchev–Trinajstić information content (AvgIpc) is 3.19. The fraction of sp³-hybridized carbons (Fsp3) is 0.538. The molecule has 1 aromatic rings. The number of nitrogens with zero attached hydrogens (tertiary/aromatic N) is 1. The van der Waals surface area contributed by atoms with Crippen molar-refractivity contribution in [2.24, 2.45) is 0 Å². The minimum absolute atomic E-state index is 0.181. The van der Waals surface area contributed by atoms with Gasteiger partial charge in [-0.2, -0.15) is 4.31 Å². The van der Waals surface area contributed by atoms with Crippen molar-refractivity contribution >= 4 is 10.0 Å². The molecule has 4 nitrogen and oxygen atoms in total. The second-order valence-electron chi connectivity index (χ2n) is 5.47. The molecule has 96 valence electrons. The van der Waals surface area contributed by atoms with E-state index in [4.69, 9.17) is 4.74 Å². The highest BCUT2D eigenvalue weighted by atomic mass is 32.2. The lowest BCUT2D eigenvalue weighted by Gasteiger charge is -2.06. The van der Waals surface area contributed by atoms with Crippen LogP contribution in [0.3, 0.4) is 0 Å². The zero-order valence-corrected chi connectivity index (χ0v) is 10.9. The number of aryl methyl sites for hydroxylation is 1. The van der Waals surface area contributed by atoms with E-state index in [2.05, 4.69) is 0 Å². The minimum atomic E-state index is -3.29. The largest absolute Gasteiger partial charge is 0.369 e. The molecule has 2 aliphatic heterocycles. The summed E-state index contributed by atoms with van der Waals surface area (Å²) in [6.07, 6.45) is 2.40. The molecule has 0 amide bonds. The van der Waals surface area contributed by atoms with Crippen LogP contribution < -0.4 is 0 Å². The summed E-state index contributed by atoms with van der Waals surface area (Å²) >= 11 is 0. The summed E-state index contributed by atoms with van der Waals surface area (Å²) in [7, 11) is -3.29. The van der Waals surface area contributed by atoms with Crippen LogP contribution in [0.15, 0.2) is 29.2 Å². The third-order valence-corrected chi connectivity index (χ3v) is 6.20. The van der Waals surface area contributed by atoms with E-state index >= 15 is 0 Å². The van der Waals surface area contributed by atoms with Crippen molar-refractivity contribution in [3.8, 4) is 0 Å². The third kappa shape index (κ3) is 1.47. The van der Waals surface area contributed by atoms with E-state index in [1.54, 1.807) is 16.4 Å². The molecule has 2 heterocycles. The molecule has 0 bridgehead atoms. The first-order valence-electron chi connectivity index (χ1n) is 6.33. The summed E-state index contributed by atoms with van der Waals surface area (Å²) in [5, 5.41) is 0. The second kappa shape index (κ2) is 3.35. The van der Waals surface area contributed by atoms with Crippen LogP contribution >= 0.6 is 0 Å². The highest BCUT2D eigenvalue weighted by molar-refractivity contribution is 7.89. The van der Waals surface area contributed by atoms with E-state index in [-0.39, 0.29) is 12.1 Å². The fourth-order valence-corrected chi connectivity index (χ4v) is 4.92. The van der Waals surface area contributed by atoms with Crippen molar-refractivity contribution in [1.82, 2.24) is 4.31 Å². The molecular formula is C13H15NO3S. The number of hydrogen-bond acceptors (Lipinski definition) is 3. The van der Waals surface area contributed by atoms with Gasteiger partial charge in [0.1, 0.15) is 0 Å². The van der Waals surface area contributed by atoms with E-state index in [9.17, 15) is 8.42 Å². The van der Waals surface area contributed by atoms with E-state index < -0.39 is 10.0 Å². The molecule has 1 unspecified atom stereocenters. The fourth-order valence-electron chi connectivity index (χ4n) is 3.09. The molecule has 18 heavy (non-hydrogen) atoms. The summed E-state index contributed by atoms with van der Waals surface area (Å²) < 4.78 is 32.1. The molecule has 1 saturated carbocycles. The van der Waals surface area contributed by atoms with Crippen molar-refractivity contribution in [2.75, 3.05) is 0 Å². The van der Waals surface area contributed by atoms with Gasteiger partial charge in [0.25, 0.3) is 0 Å². The molecule has 2 saturated heterocycles. The van der Waals surface area contributed by atoms with E-state index in [1.165, 1.54) is 0 Å². The Morgan fingerprint density at radius 1 is 1.11 bits per heavy atom. The van der Waals surface area contributed by atoms with Gasteiger partial charge in [-0.3, -0.25) is 0 Å². The predicted octanol–water partition coefficient (Wildman–Crippen LogP) is 1.30. The molecule has 0 spiro atoms. The van der Waals surface area contributed by atoms with Crippen molar-refractivity contribution < 1.29 is 13.2 Å². The Bertz CT molecular complexity index is 579. The van der Waals surface area contributed by atoms with Crippen LogP contribution in [-0.2, 0) is 14.8 Å². The molecule has 0 radical (unpaired) electrons. The zero-order chi connectivity index (χ0) is 12.5. The summed E-state index contributed by atoms with van der Waals surface area (Å²) in [4.78, 5) is 0.414. The summed E-state index contributed by atoms with van der Waals surface area (Å²) in [5.41, 5.74) is 1.08. The Morgan fingerprint density at radius 3 is 2.22 bits per heavy atom. The Balaban J connectivity index is 1.63. The Morgan fingerprint density at radius 2 is 1.67 bits per heavy atom. The molecule has 5 atom stereocenters. The molecule has 1 aromatic carbocycles. The number of hydrogen-bond donors (Lipinski definition) is 0. The molecule has 3 fully saturated rings. The number of sulfonamides is 1. The van der Waals surface area contributed by atoms with Crippen molar-refractivity contribution in [1.29, 1.82) is 0 Å². The maximum Gasteiger partial charge on any atom is 0.243 e. The van der Waals surface area contributed by atoms with E-state index in [0.29, 0.717) is 17.1 Å². The molecule has 4 rings (SSSR count). The Labute approximate surface area is 107 Å². The van der Waals surface area contributed by atoms with Crippen molar-refractivity contribution in [3.63, 3.8) is 0 Å². The SMILES string of the molecule is Cc1ccc(S(=O)(=O)N2[C@@H]3C[C@H]4O[C@H]4C[C@@H]32)cc1. The lowest BCUT2D eigenvalue weighted by atomic mass is 10.0. The number of epoxide rings is 1. The number of benzene rings is 1. The van der Waals surface area contributed by atoms with Crippen molar-refractivity contribution in [3.05, 3.63) is 29.8 Å². The molecule has 3 aliphatic rings. The predicted molar refractivity (Wildman–Crippen MR) is 65.7 cm³/mol. The van der Waals surface area contributed by atoms with Crippen LogP contribution in [-0.4, -0.2) is 37.0 Å². The summed E-state index contributed by atoms with van der Waals surface area (Å²) in [6.45, 7) is 1.96. The van der Waals surface area contributed by atoms with Gasteiger partial charge < -0.3 is 4.74 Å². The molecular weight excluding hydrogens is 250 g/mol. The highest BCUT2D eigenvalue weighted by Crippen LogP contribution is 2.51. The molecule has 1 aliphatic carbocycles. The van der Waals surface area contributed by atoms with Gasteiger partial charge in [-0.05, 0) is 31.9 Å². The van der Waals surface area contributed by atoms with Crippen LogP contribution in [0.4, 0.5) is 0 Å². The maximum atomic E-state index is 12.5. The first kappa shape index (κ1) is 11.0. The van der Waals surface area contributed by atoms with Crippen molar-refractivity contribution in [2.45, 2.75) is 49.0 Å². The van der Waals surface area contributed by atoms with Crippen LogP contribution in [0.25, 0.3) is 0 Å². The van der Waals surface area contributed by atoms with Crippen LogP contribution in [0.5, 0.6) is 0 Å². The van der Waals surface area contributed by atoms with Gasteiger partial charge in [0, 0.05) is 12.1 Å². The van der Waals surface area contributed by atoms with Gasteiger partial charge in [-0.15, -0.1) is 0 Å². The van der Waals surface area contributed by atoms with Gasteiger partial charge in [0.2, 0.25) is 10.0 Å². The third-order valence-electron chi connectivity index (χ3n) is 4.24. The van der Waals surface area contributed by atoms with Gasteiger partial charge in [-0.25, -0.2) is 8.42 Å². The summed E-state index contributed by atoms with van der Waals surface area (Å²) in [6, 6.07) is 7.46. The van der Waals surface area contributed by atoms with Gasteiger partial charge in [0.15, 0.2) is 0 Å². The van der Waals surface area contributed by atoms with Crippen LogP contribution in [0, 0.1) is 6.92 Å². The van der Waals surface area contributed by atoms with Crippen LogP contribution in [0.1, 0.15) is 18.4 Å². The Hall–Kier alpha value is -0.910. The monoisotopic (exact) mass is 265 g/mol. The quantitative estimate of drug-likeness (QED) is 0.757. The summed E-state index contributed by atoms with van der Waals surface area (Å²) in [5.74, 6) is 0. The minimum Gasteiger partial charge on any atom is -0.369 e. The smallest absolute Gasteiger partial charge is 0.243 e. The molecule has 0 N–H and O–H groups in total. The lowest BCUT2D eigenvalue weighted by Crippen LogP contribution is -2.16. The van der Waals surface area contributed by atoms with E-state index in [0.717, 1.165) is 18.4 Å². The number of ether oxygens (including phenoxy) is 1. The first-order chi connectivity index (χ1) is 8.57. The standard InChI is InChI=1S/C13H15NO3S/c1-8-2-4-9(5-3-8)18(15,16)14-10-6-12-13(17-12)7-11(10)14/h2-5,10-13H,6-7H2,1H3/t10-,11+,12-,13+,14?. The topological polar surface area (TPSA) is 49.7 Å². The lowest BCUT2D eigenvalue weighted by molar-refractivity contribution is 0.356. The average molecular weight is 265 g/mol. The van der Waals surface area contributed by atoms with Crippen LogP contribution in [0.2, 0.25) is 0 Å². The molecule has 0 aromatic heterocycles. The first-order valence-corrected chi connectivity index (χ1v) is 7.77. The van der Waals surface area contributed by atoms with Gasteiger partial charge >= 0.3 is 0 Å².